The maximum absolute atomic E-state index is 13.8. The predicted molar refractivity (Wildman–Crippen MR) is 94.6 cm³/mol. The van der Waals surface area contributed by atoms with E-state index in [0.29, 0.717) is 17.4 Å². The summed E-state index contributed by atoms with van der Waals surface area (Å²) in [6, 6.07) is 3.51. The molecule has 1 aromatic heterocycles. The minimum Gasteiger partial charge on any atom is -0.467 e. The van der Waals surface area contributed by atoms with Gasteiger partial charge in [0.1, 0.15) is 6.04 Å². The zero-order valence-electron chi connectivity index (χ0n) is 15.6. The van der Waals surface area contributed by atoms with Crippen molar-refractivity contribution in [2.45, 2.75) is 33.2 Å². The van der Waals surface area contributed by atoms with Crippen molar-refractivity contribution in [1.29, 1.82) is 0 Å². The number of halogens is 1. The van der Waals surface area contributed by atoms with Crippen LogP contribution < -0.4 is 5.32 Å². The Labute approximate surface area is 155 Å². The Kier molecular flexibility index (Phi) is 6.55. The van der Waals surface area contributed by atoms with Crippen molar-refractivity contribution in [3.8, 4) is 0 Å². The van der Waals surface area contributed by atoms with Crippen LogP contribution in [0.15, 0.2) is 22.6 Å². The lowest BCUT2D eigenvalue weighted by molar-refractivity contribution is -0.145. The number of nitrogens with one attached hydrogen (secondary N) is 1. The zero-order chi connectivity index (χ0) is 20.1. The molecule has 0 aliphatic rings. The van der Waals surface area contributed by atoms with Crippen LogP contribution in [0.5, 0.6) is 0 Å². The fourth-order valence-corrected chi connectivity index (χ4v) is 2.66. The summed E-state index contributed by atoms with van der Waals surface area (Å²) in [4.78, 5) is 35.9. The number of furan rings is 1. The van der Waals surface area contributed by atoms with Crippen molar-refractivity contribution in [2.24, 2.45) is 5.92 Å². The molecule has 0 fully saturated rings. The van der Waals surface area contributed by atoms with E-state index >= 15 is 0 Å². The molecule has 0 spiro atoms. The van der Waals surface area contributed by atoms with Gasteiger partial charge in [0.25, 0.3) is 5.91 Å². The second-order valence-electron chi connectivity index (χ2n) is 6.52. The van der Waals surface area contributed by atoms with E-state index in [1.165, 1.54) is 19.2 Å². The summed E-state index contributed by atoms with van der Waals surface area (Å²) in [6.07, 6.45) is 0.383. The van der Waals surface area contributed by atoms with Crippen LogP contribution in [0.4, 0.5) is 4.39 Å². The van der Waals surface area contributed by atoms with Gasteiger partial charge in [0.15, 0.2) is 18.0 Å². The molecule has 7 nitrogen and oxygen atoms in total. The molecule has 0 bridgehead atoms. The number of para-hydroxylation sites is 1. The molecule has 1 N–H and O–H groups in total. The maximum atomic E-state index is 13.8. The fraction of sp³-hybridized carbons (Fsp3) is 0.421. The minimum atomic E-state index is -0.892. The lowest BCUT2D eigenvalue weighted by Crippen LogP contribution is -2.44. The van der Waals surface area contributed by atoms with Crippen LogP contribution in [0.2, 0.25) is 0 Å². The van der Waals surface area contributed by atoms with Gasteiger partial charge in [0.05, 0.1) is 7.11 Å². The SMILES string of the molecule is COC(=O)C(CC(C)C)NC(=O)COC(=O)c1oc2c(F)cccc2c1C. The number of amides is 1. The van der Waals surface area contributed by atoms with Crippen molar-refractivity contribution in [2.75, 3.05) is 13.7 Å². The summed E-state index contributed by atoms with van der Waals surface area (Å²) in [5, 5.41) is 2.93. The first kappa shape index (κ1) is 20.4. The highest BCUT2D eigenvalue weighted by Crippen LogP contribution is 2.27. The van der Waals surface area contributed by atoms with Crippen molar-refractivity contribution in [3.05, 3.63) is 35.3 Å². The molecule has 0 saturated carbocycles. The molecule has 0 radical (unpaired) electrons. The molecule has 0 aliphatic heterocycles. The Morgan fingerprint density at radius 2 is 1.96 bits per heavy atom. The quantitative estimate of drug-likeness (QED) is 0.744. The van der Waals surface area contributed by atoms with Gasteiger partial charge in [-0.2, -0.15) is 0 Å². The van der Waals surface area contributed by atoms with Gasteiger partial charge in [-0.25, -0.2) is 14.0 Å². The molecule has 8 heteroatoms. The van der Waals surface area contributed by atoms with Crippen LogP contribution in [0.1, 0.15) is 36.4 Å². The van der Waals surface area contributed by atoms with Crippen molar-refractivity contribution >= 4 is 28.8 Å². The number of hydrogen-bond donors (Lipinski definition) is 1. The Morgan fingerprint density at radius 3 is 2.56 bits per heavy atom. The first-order chi connectivity index (χ1) is 12.7. The van der Waals surface area contributed by atoms with Gasteiger partial charge in [-0.15, -0.1) is 0 Å². The van der Waals surface area contributed by atoms with Crippen molar-refractivity contribution in [3.63, 3.8) is 0 Å². The Morgan fingerprint density at radius 1 is 1.26 bits per heavy atom. The van der Waals surface area contributed by atoms with Crippen molar-refractivity contribution < 1.29 is 32.7 Å². The summed E-state index contributed by atoms with van der Waals surface area (Å²) in [5.41, 5.74) is 0.372. The van der Waals surface area contributed by atoms with E-state index in [0.717, 1.165) is 0 Å². The third-order valence-corrected chi connectivity index (χ3v) is 3.96. The van der Waals surface area contributed by atoms with Gasteiger partial charge >= 0.3 is 11.9 Å². The van der Waals surface area contributed by atoms with E-state index in [1.807, 2.05) is 13.8 Å². The van der Waals surface area contributed by atoms with E-state index in [4.69, 9.17) is 9.15 Å². The van der Waals surface area contributed by atoms with Crippen LogP contribution in [-0.4, -0.2) is 37.6 Å². The van der Waals surface area contributed by atoms with Gasteiger partial charge in [-0.1, -0.05) is 26.0 Å². The second kappa shape index (κ2) is 8.66. The maximum Gasteiger partial charge on any atom is 0.375 e. The minimum absolute atomic E-state index is 0.0471. The third kappa shape index (κ3) is 4.84. The Hall–Kier alpha value is -2.90. The largest absolute Gasteiger partial charge is 0.467 e. The molecule has 1 heterocycles. The molecule has 0 saturated heterocycles. The molecule has 1 unspecified atom stereocenters. The van der Waals surface area contributed by atoms with Gasteiger partial charge < -0.3 is 19.2 Å². The number of esters is 2. The molecule has 0 aliphatic carbocycles. The summed E-state index contributed by atoms with van der Waals surface area (Å²) in [7, 11) is 1.23. The van der Waals surface area contributed by atoms with E-state index in [9.17, 15) is 18.8 Å². The molecule has 1 amide bonds. The van der Waals surface area contributed by atoms with E-state index in [2.05, 4.69) is 10.1 Å². The topological polar surface area (TPSA) is 94.8 Å². The molecular weight excluding hydrogens is 357 g/mol. The number of aryl methyl sites for hydroxylation is 1. The highest BCUT2D eigenvalue weighted by Gasteiger charge is 2.25. The molecule has 1 atom stereocenters. The van der Waals surface area contributed by atoms with Crippen LogP contribution in [-0.2, 0) is 19.1 Å². The first-order valence-corrected chi connectivity index (χ1v) is 8.46. The highest BCUT2D eigenvalue weighted by atomic mass is 19.1. The van der Waals surface area contributed by atoms with Gasteiger partial charge in [0.2, 0.25) is 5.76 Å². The molecule has 27 heavy (non-hydrogen) atoms. The second-order valence-corrected chi connectivity index (χ2v) is 6.52. The Balaban J connectivity index is 2.02. The highest BCUT2D eigenvalue weighted by molar-refractivity contribution is 5.97. The number of carbonyl (C=O) groups excluding carboxylic acids is 3. The lowest BCUT2D eigenvalue weighted by atomic mass is 10.0. The van der Waals surface area contributed by atoms with E-state index in [1.54, 1.807) is 13.0 Å². The molecule has 1 aromatic carbocycles. The number of methoxy groups -OCH3 is 1. The average Bonchev–Trinajstić information content (AvgIpc) is 2.96. The summed E-state index contributed by atoms with van der Waals surface area (Å²) < 4.78 is 28.6. The summed E-state index contributed by atoms with van der Waals surface area (Å²) in [6.45, 7) is 4.78. The monoisotopic (exact) mass is 379 g/mol. The first-order valence-electron chi connectivity index (χ1n) is 8.46. The van der Waals surface area contributed by atoms with Crippen molar-refractivity contribution in [1.82, 2.24) is 5.32 Å². The number of carbonyl (C=O) groups is 3. The van der Waals surface area contributed by atoms with Crippen LogP contribution >= 0.6 is 0 Å². The molecule has 146 valence electrons. The normalized spacial score (nSPS) is 12.1. The number of hydrogen-bond acceptors (Lipinski definition) is 6. The number of ether oxygens (including phenoxy) is 2. The average molecular weight is 379 g/mol. The Bertz CT molecular complexity index is 857. The van der Waals surface area contributed by atoms with Gasteiger partial charge in [-0.05, 0) is 25.3 Å². The van der Waals surface area contributed by atoms with E-state index in [-0.39, 0.29) is 17.3 Å². The standard InChI is InChI=1S/C19H22FNO6/c1-10(2)8-14(18(23)25-4)21-15(22)9-26-19(24)16-11(3)12-6-5-7-13(20)17(12)27-16/h5-7,10,14H,8-9H2,1-4H3,(H,21,22). The van der Waals surface area contributed by atoms with Gasteiger partial charge in [-0.3, -0.25) is 4.79 Å². The molecule has 2 aromatic rings. The fourth-order valence-electron chi connectivity index (χ4n) is 2.66. The van der Waals surface area contributed by atoms with Crippen LogP contribution in [0, 0.1) is 18.7 Å². The molecule has 2 rings (SSSR count). The summed E-state index contributed by atoms with van der Waals surface area (Å²) in [5.74, 6) is -2.75. The summed E-state index contributed by atoms with van der Waals surface area (Å²) >= 11 is 0. The number of benzene rings is 1. The van der Waals surface area contributed by atoms with E-state index < -0.39 is 36.3 Å². The number of fused-ring (bicyclic) bond motifs is 1. The predicted octanol–water partition coefficient (Wildman–Crippen LogP) is 2.74. The van der Waals surface area contributed by atoms with Gasteiger partial charge in [0, 0.05) is 10.9 Å². The van der Waals surface area contributed by atoms with Crippen LogP contribution in [0.3, 0.4) is 0 Å². The zero-order valence-corrected chi connectivity index (χ0v) is 15.6. The van der Waals surface area contributed by atoms with Crippen LogP contribution in [0.25, 0.3) is 11.0 Å². The molecular formula is C19H22FNO6. The third-order valence-electron chi connectivity index (χ3n) is 3.96. The number of rotatable bonds is 7. The smallest absolute Gasteiger partial charge is 0.375 e. The lowest BCUT2D eigenvalue weighted by Gasteiger charge is -2.18.